The third-order valence-corrected chi connectivity index (χ3v) is 3.73. The topological polar surface area (TPSA) is 113 Å². The van der Waals surface area contributed by atoms with Crippen LogP contribution in [0.4, 0.5) is 11.4 Å². The molecule has 1 aromatic rings. The van der Waals surface area contributed by atoms with E-state index >= 15 is 0 Å². The van der Waals surface area contributed by atoms with Crippen LogP contribution in [0.5, 0.6) is 0 Å². The maximum atomic E-state index is 11.9. The number of nitrogens with two attached hydrogens (primary N) is 1. The Morgan fingerprint density at radius 1 is 1.29 bits per heavy atom. The van der Waals surface area contributed by atoms with E-state index in [1.54, 1.807) is 12.1 Å². The Kier molecular flexibility index (Phi) is 7.18. The highest BCUT2D eigenvalue weighted by atomic mass is 35.5. The van der Waals surface area contributed by atoms with Crippen LogP contribution in [-0.2, 0) is 20.8 Å². The molecular weight excluding hydrogens is 332 g/mol. The quantitative estimate of drug-likeness (QED) is 0.632. The van der Waals surface area contributed by atoms with Crippen molar-refractivity contribution in [1.29, 1.82) is 0 Å². The minimum absolute atomic E-state index is 0. The van der Waals surface area contributed by atoms with Crippen molar-refractivity contribution < 1.29 is 14.4 Å². The molecule has 0 saturated carbocycles. The average molecular weight is 355 g/mol. The molecule has 0 aliphatic carbocycles. The number of rotatable bonds is 5. The molecular formula is C16H23ClN4O3. The van der Waals surface area contributed by atoms with Gasteiger partial charge in [-0.15, -0.1) is 12.4 Å². The molecule has 1 aromatic carbocycles. The van der Waals surface area contributed by atoms with Crippen molar-refractivity contribution in [2.75, 3.05) is 17.2 Å². The average Bonchev–Trinajstić information content (AvgIpc) is 2.51. The highest BCUT2D eigenvalue weighted by Crippen LogP contribution is 2.25. The van der Waals surface area contributed by atoms with Gasteiger partial charge in [-0.3, -0.25) is 14.4 Å². The smallest absolute Gasteiger partial charge is 0.243 e. The van der Waals surface area contributed by atoms with Crippen LogP contribution < -0.4 is 21.7 Å². The molecule has 0 spiro atoms. The molecule has 1 aliphatic rings. The first-order valence-corrected chi connectivity index (χ1v) is 7.62. The summed E-state index contributed by atoms with van der Waals surface area (Å²) in [6, 6.07) is 4.72. The zero-order valence-electron chi connectivity index (χ0n) is 13.7. The van der Waals surface area contributed by atoms with Gasteiger partial charge in [-0.25, -0.2) is 0 Å². The van der Waals surface area contributed by atoms with E-state index in [4.69, 9.17) is 5.73 Å². The van der Waals surface area contributed by atoms with Gasteiger partial charge in [-0.2, -0.15) is 0 Å². The normalized spacial score (nSPS) is 14.1. The molecule has 8 heteroatoms. The maximum absolute atomic E-state index is 11.9. The number of hydrogen-bond donors (Lipinski definition) is 4. The molecule has 2 rings (SSSR count). The van der Waals surface area contributed by atoms with Crippen molar-refractivity contribution in [2.45, 2.75) is 32.7 Å². The van der Waals surface area contributed by atoms with Crippen LogP contribution in [0.1, 0.15) is 25.8 Å². The fourth-order valence-corrected chi connectivity index (χ4v) is 2.24. The van der Waals surface area contributed by atoms with E-state index < -0.39 is 6.04 Å². The Balaban J connectivity index is 0.00000288. The number of benzene rings is 1. The Hall–Kier alpha value is -2.12. The van der Waals surface area contributed by atoms with E-state index in [1.807, 2.05) is 19.9 Å². The number of nitrogens with one attached hydrogen (secondary N) is 3. The van der Waals surface area contributed by atoms with E-state index in [0.29, 0.717) is 24.2 Å². The molecule has 0 bridgehead atoms. The molecule has 0 radical (unpaired) electrons. The first-order chi connectivity index (χ1) is 10.9. The van der Waals surface area contributed by atoms with Crippen molar-refractivity contribution in [3.8, 4) is 0 Å². The zero-order valence-corrected chi connectivity index (χ0v) is 14.5. The molecule has 132 valence electrons. The molecule has 1 heterocycles. The Morgan fingerprint density at radius 2 is 2.00 bits per heavy atom. The van der Waals surface area contributed by atoms with Crippen molar-refractivity contribution in [3.63, 3.8) is 0 Å². The standard InChI is InChI=1S/C16H22N4O3.ClH/c1-9(2)15(17)16(23)18-8-14(22)19-11-5-3-10-4-6-13(21)20-12(10)7-11;/h3,5,7,9,15H,4,6,8,17H2,1-2H3,(H,18,23)(H,19,22)(H,20,21);1H/t15-;/m0./s1. The van der Waals surface area contributed by atoms with E-state index in [9.17, 15) is 14.4 Å². The van der Waals surface area contributed by atoms with Crippen molar-refractivity contribution in [2.24, 2.45) is 11.7 Å². The van der Waals surface area contributed by atoms with E-state index in [0.717, 1.165) is 5.56 Å². The minimum Gasteiger partial charge on any atom is -0.346 e. The van der Waals surface area contributed by atoms with Crippen LogP contribution in [0.15, 0.2) is 18.2 Å². The molecule has 0 unspecified atom stereocenters. The largest absolute Gasteiger partial charge is 0.346 e. The van der Waals surface area contributed by atoms with Crippen LogP contribution in [0.25, 0.3) is 0 Å². The summed E-state index contributed by atoms with van der Waals surface area (Å²) in [5.41, 5.74) is 8.03. The summed E-state index contributed by atoms with van der Waals surface area (Å²) in [4.78, 5) is 35.0. The summed E-state index contributed by atoms with van der Waals surface area (Å²) < 4.78 is 0. The van der Waals surface area contributed by atoms with Crippen molar-refractivity contribution >= 4 is 41.5 Å². The van der Waals surface area contributed by atoms with Crippen LogP contribution in [0.3, 0.4) is 0 Å². The third-order valence-electron chi connectivity index (χ3n) is 3.73. The molecule has 0 fully saturated rings. The molecule has 5 N–H and O–H groups in total. The lowest BCUT2D eigenvalue weighted by atomic mass is 10.0. The molecule has 7 nitrogen and oxygen atoms in total. The lowest BCUT2D eigenvalue weighted by Gasteiger charge is -2.18. The van der Waals surface area contributed by atoms with Gasteiger partial charge in [-0.05, 0) is 30.0 Å². The third kappa shape index (κ3) is 5.21. The predicted molar refractivity (Wildman–Crippen MR) is 95.1 cm³/mol. The number of fused-ring (bicyclic) bond motifs is 1. The van der Waals surface area contributed by atoms with Crippen LogP contribution in [-0.4, -0.2) is 30.3 Å². The van der Waals surface area contributed by atoms with Gasteiger partial charge in [0.15, 0.2) is 0 Å². The molecule has 24 heavy (non-hydrogen) atoms. The van der Waals surface area contributed by atoms with Crippen molar-refractivity contribution in [3.05, 3.63) is 23.8 Å². The second-order valence-corrected chi connectivity index (χ2v) is 5.96. The monoisotopic (exact) mass is 354 g/mol. The Morgan fingerprint density at radius 3 is 2.67 bits per heavy atom. The minimum atomic E-state index is -0.637. The van der Waals surface area contributed by atoms with Crippen LogP contribution in [0.2, 0.25) is 0 Å². The number of amides is 3. The number of carbonyl (C=O) groups excluding carboxylic acids is 3. The van der Waals surface area contributed by atoms with E-state index in [2.05, 4.69) is 16.0 Å². The van der Waals surface area contributed by atoms with Gasteiger partial charge in [0, 0.05) is 17.8 Å². The second kappa shape index (κ2) is 8.65. The van der Waals surface area contributed by atoms with Gasteiger partial charge in [0.1, 0.15) is 0 Å². The summed E-state index contributed by atoms with van der Waals surface area (Å²) >= 11 is 0. The fourth-order valence-electron chi connectivity index (χ4n) is 2.24. The molecule has 1 atom stereocenters. The van der Waals surface area contributed by atoms with E-state index in [1.165, 1.54) is 0 Å². The lowest BCUT2D eigenvalue weighted by Crippen LogP contribution is -2.46. The molecule has 3 amide bonds. The number of aryl methyl sites for hydroxylation is 1. The molecule has 0 aromatic heterocycles. The van der Waals surface area contributed by atoms with Gasteiger partial charge >= 0.3 is 0 Å². The molecule has 0 saturated heterocycles. The van der Waals surface area contributed by atoms with Crippen molar-refractivity contribution in [1.82, 2.24) is 5.32 Å². The predicted octanol–water partition coefficient (Wildman–Crippen LogP) is 1.03. The second-order valence-electron chi connectivity index (χ2n) is 5.96. The summed E-state index contributed by atoms with van der Waals surface area (Å²) in [5, 5.41) is 7.97. The summed E-state index contributed by atoms with van der Waals surface area (Å²) in [6.07, 6.45) is 1.17. The highest BCUT2D eigenvalue weighted by molar-refractivity contribution is 5.98. The summed E-state index contributed by atoms with van der Waals surface area (Å²) in [5.74, 6) is -0.734. The maximum Gasteiger partial charge on any atom is 0.243 e. The van der Waals surface area contributed by atoms with Gasteiger partial charge in [0.25, 0.3) is 0 Å². The Bertz CT molecular complexity index is 634. The number of anilines is 2. The van der Waals surface area contributed by atoms with Gasteiger partial charge in [-0.1, -0.05) is 19.9 Å². The zero-order chi connectivity index (χ0) is 17.0. The molecule has 1 aliphatic heterocycles. The highest BCUT2D eigenvalue weighted by Gasteiger charge is 2.18. The number of halogens is 1. The fraction of sp³-hybridized carbons (Fsp3) is 0.438. The number of carbonyl (C=O) groups is 3. The summed E-state index contributed by atoms with van der Waals surface area (Å²) in [7, 11) is 0. The first-order valence-electron chi connectivity index (χ1n) is 7.62. The lowest BCUT2D eigenvalue weighted by molar-refractivity contribution is -0.125. The van der Waals surface area contributed by atoms with Gasteiger partial charge < -0.3 is 21.7 Å². The summed E-state index contributed by atoms with van der Waals surface area (Å²) in [6.45, 7) is 3.53. The van der Waals surface area contributed by atoms with Crippen LogP contribution >= 0.6 is 12.4 Å². The van der Waals surface area contributed by atoms with Gasteiger partial charge in [0.2, 0.25) is 17.7 Å². The van der Waals surface area contributed by atoms with Crippen LogP contribution in [0, 0.1) is 5.92 Å². The number of hydrogen-bond acceptors (Lipinski definition) is 4. The van der Waals surface area contributed by atoms with E-state index in [-0.39, 0.29) is 42.6 Å². The first kappa shape index (κ1) is 19.9. The Labute approximate surface area is 147 Å². The SMILES string of the molecule is CC(C)[C@H](N)C(=O)NCC(=O)Nc1ccc2c(c1)NC(=O)CC2.Cl. The van der Waals surface area contributed by atoms with Gasteiger partial charge in [0.05, 0.1) is 12.6 Å².